The fraction of sp³-hybridized carbons (Fsp3) is 0.333. The molecule has 42 heavy (non-hydrogen) atoms. The number of rotatable bonds is 11. The van der Waals surface area contributed by atoms with Crippen LogP contribution in [0.4, 0.5) is 15.8 Å². The molecule has 1 aliphatic rings. The average Bonchev–Trinajstić information content (AvgIpc) is 3.37. The molecule has 0 saturated carbocycles. The standard InChI is InChI=1S/C30H35FN6O4S/c1-36(2)15-6-14-32-23-10-12-26(27(19-23)34-29-9-3-4-16-41-29)30(38)35-37-28-13-11-25(17-21(28)20-33-37)42(39,40)24-8-5-7-22(31)18-24/h5,7-8,10-13,17-20,29,32,34H,3-4,6,9,14-16H2,1-2H3,(H,35,38). The zero-order chi connectivity index (χ0) is 29.7. The van der Waals surface area contributed by atoms with Crippen molar-refractivity contribution in [1.82, 2.24) is 14.8 Å². The first kappa shape index (κ1) is 29.5. The Morgan fingerprint density at radius 1 is 1.10 bits per heavy atom. The monoisotopic (exact) mass is 594 g/mol. The lowest BCUT2D eigenvalue weighted by molar-refractivity contribution is 0.0343. The number of benzene rings is 3. The Hall–Kier alpha value is -4.00. The van der Waals surface area contributed by atoms with E-state index in [0.717, 1.165) is 50.5 Å². The van der Waals surface area contributed by atoms with Crippen molar-refractivity contribution >= 4 is 38.0 Å². The van der Waals surface area contributed by atoms with Crippen LogP contribution in [0.25, 0.3) is 10.9 Å². The summed E-state index contributed by atoms with van der Waals surface area (Å²) >= 11 is 0. The van der Waals surface area contributed by atoms with Gasteiger partial charge in [-0.15, -0.1) is 0 Å². The molecule has 1 unspecified atom stereocenters. The van der Waals surface area contributed by atoms with Crippen LogP contribution in [-0.2, 0) is 14.6 Å². The highest BCUT2D eigenvalue weighted by atomic mass is 32.2. The summed E-state index contributed by atoms with van der Waals surface area (Å²) in [5.41, 5.74) is 5.25. The number of hydrogen-bond acceptors (Lipinski definition) is 8. The molecule has 0 radical (unpaired) electrons. The average molecular weight is 595 g/mol. The molecule has 1 fully saturated rings. The van der Waals surface area contributed by atoms with Crippen LogP contribution < -0.4 is 16.1 Å². The number of aromatic nitrogens is 2. The molecule has 1 aliphatic heterocycles. The van der Waals surface area contributed by atoms with Crippen LogP contribution in [0.15, 0.2) is 76.7 Å². The number of carbonyl (C=O) groups is 1. The smallest absolute Gasteiger partial charge is 0.273 e. The third-order valence-electron chi connectivity index (χ3n) is 7.04. The van der Waals surface area contributed by atoms with Gasteiger partial charge in [-0.05, 0) is 101 Å². The van der Waals surface area contributed by atoms with E-state index >= 15 is 0 Å². The van der Waals surface area contributed by atoms with E-state index in [9.17, 15) is 17.6 Å². The summed E-state index contributed by atoms with van der Waals surface area (Å²) < 4.78 is 45.6. The van der Waals surface area contributed by atoms with Gasteiger partial charge >= 0.3 is 0 Å². The van der Waals surface area contributed by atoms with Crippen LogP contribution in [0.5, 0.6) is 0 Å². The number of halogens is 1. The van der Waals surface area contributed by atoms with Crippen LogP contribution in [0.1, 0.15) is 36.0 Å². The molecule has 0 aliphatic carbocycles. The minimum absolute atomic E-state index is 0.000819. The van der Waals surface area contributed by atoms with Gasteiger partial charge in [-0.1, -0.05) is 6.07 Å². The van der Waals surface area contributed by atoms with E-state index in [4.69, 9.17) is 4.74 Å². The lowest BCUT2D eigenvalue weighted by Crippen LogP contribution is -2.30. The van der Waals surface area contributed by atoms with Crippen LogP contribution in [-0.4, -0.2) is 69.1 Å². The number of ether oxygens (including phenoxy) is 1. The first-order valence-corrected chi connectivity index (χ1v) is 15.4. The highest BCUT2D eigenvalue weighted by molar-refractivity contribution is 7.91. The number of nitrogens with zero attached hydrogens (tertiary/aromatic N) is 3. The lowest BCUT2D eigenvalue weighted by Gasteiger charge is -2.26. The van der Waals surface area contributed by atoms with Gasteiger partial charge < -0.3 is 20.3 Å². The maximum absolute atomic E-state index is 13.7. The second-order valence-corrected chi connectivity index (χ2v) is 12.5. The highest BCUT2D eigenvalue weighted by Gasteiger charge is 2.21. The molecule has 3 N–H and O–H groups in total. The molecule has 0 bridgehead atoms. The molecular formula is C30H35FN6O4S. The zero-order valence-corrected chi connectivity index (χ0v) is 24.5. The van der Waals surface area contributed by atoms with E-state index in [1.807, 2.05) is 26.2 Å². The van der Waals surface area contributed by atoms with Crippen molar-refractivity contribution in [2.75, 3.05) is 49.9 Å². The lowest BCUT2D eigenvalue weighted by atomic mass is 10.1. The quantitative estimate of drug-likeness (QED) is 0.214. The second-order valence-electron chi connectivity index (χ2n) is 10.5. The molecule has 3 aromatic carbocycles. The van der Waals surface area contributed by atoms with Gasteiger partial charge in [-0.25, -0.2) is 18.2 Å². The fourth-order valence-corrected chi connectivity index (χ4v) is 6.15. The van der Waals surface area contributed by atoms with Crippen molar-refractivity contribution in [2.45, 2.75) is 41.7 Å². The zero-order valence-electron chi connectivity index (χ0n) is 23.6. The second kappa shape index (κ2) is 12.9. The first-order chi connectivity index (χ1) is 20.2. The van der Waals surface area contributed by atoms with E-state index in [1.165, 1.54) is 41.3 Å². The summed E-state index contributed by atoms with van der Waals surface area (Å²) in [7, 11) is 0.136. The summed E-state index contributed by atoms with van der Waals surface area (Å²) in [5, 5.41) is 11.6. The number of amides is 1. The van der Waals surface area contributed by atoms with Crippen molar-refractivity contribution in [3.8, 4) is 0 Å². The van der Waals surface area contributed by atoms with Gasteiger partial charge in [0, 0.05) is 24.2 Å². The molecule has 10 nitrogen and oxygen atoms in total. The summed E-state index contributed by atoms with van der Waals surface area (Å²) in [4.78, 5) is 16.8. The third-order valence-corrected chi connectivity index (χ3v) is 8.78. The molecule has 4 aromatic rings. The molecule has 1 saturated heterocycles. The minimum atomic E-state index is -3.94. The van der Waals surface area contributed by atoms with Crippen molar-refractivity contribution in [1.29, 1.82) is 0 Å². The van der Waals surface area contributed by atoms with Gasteiger partial charge in [0.05, 0.1) is 32.8 Å². The predicted octanol–water partition coefficient (Wildman–Crippen LogP) is 4.69. The Bertz CT molecular complexity index is 1670. The van der Waals surface area contributed by atoms with Crippen LogP contribution in [0.3, 0.4) is 0 Å². The van der Waals surface area contributed by atoms with Gasteiger partial charge in [0.2, 0.25) is 9.84 Å². The topological polar surface area (TPSA) is 118 Å². The fourth-order valence-electron chi connectivity index (χ4n) is 4.82. The van der Waals surface area contributed by atoms with Crippen LogP contribution in [0, 0.1) is 5.82 Å². The molecule has 1 atom stereocenters. The van der Waals surface area contributed by atoms with Gasteiger partial charge in [-0.3, -0.25) is 4.79 Å². The van der Waals surface area contributed by atoms with Crippen LogP contribution in [0.2, 0.25) is 0 Å². The molecule has 12 heteroatoms. The van der Waals surface area contributed by atoms with E-state index in [1.54, 1.807) is 12.1 Å². The van der Waals surface area contributed by atoms with Crippen molar-refractivity contribution in [3.63, 3.8) is 0 Å². The molecule has 1 amide bonds. The normalized spacial score (nSPS) is 15.6. The Kier molecular flexibility index (Phi) is 9.05. The van der Waals surface area contributed by atoms with Gasteiger partial charge in [-0.2, -0.15) is 9.89 Å². The Morgan fingerprint density at radius 3 is 2.69 bits per heavy atom. The summed E-state index contributed by atoms with van der Waals surface area (Å²) in [5.74, 6) is -1.03. The number of carbonyl (C=O) groups excluding carboxylic acids is 1. The number of nitrogens with one attached hydrogen (secondary N) is 3. The highest BCUT2D eigenvalue weighted by Crippen LogP contribution is 2.27. The number of fused-ring (bicyclic) bond motifs is 1. The molecular weight excluding hydrogens is 559 g/mol. The largest absolute Gasteiger partial charge is 0.385 e. The first-order valence-electron chi connectivity index (χ1n) is 13.9. The number of sulfone groups is 1. The third kappa shape index (κ3) is 6.89. The Labute approximate surface area is 244 Å². The van der Waals surface area contributed by atoms with E-state index in [-0.39, 0.29) is 16.0 Å². The molecule has 2 heterocycles. The number of anilines is 2. The van der Waals surface area contributed by atoms with Crippen LogP contribution >= 0.6 is 0 Å². The van der Waals surface area contributed by atoms with Gasteiger partial charge in [0.1, 0.15) is 12.0 Å². The minimum Gasteiger partial charge on any atom is -0.385 e. The summed E-state index contributed by atoms with van der Waals surface area (Å²) in [6, 6.07) is 14.8. The van der Waals surface area contributed by atoms with Crippen molar-refractivity contribution in [2.24, 2.45) is 0 Å². The molecule has 5 rings (SSSR count). The molecule has 0 spiro atoms. The summed E-state index contributed by atoms with van der Waals surface area (Å²) in [6.07, 6.45) is 5.14. The Balaban J connectivity index is 1.36. The maximum Gasteiger partial charge on any atom is 0.273 e. The predicted molar refractivity (Wildman–Crippen MR) is 161 cm³/mol. The SMILES string of the molecule is CN(C)CCCNc1ccc(C(=O)Nn2ncc3cc(S(=O)(=O)c4cccc(F)c4)ccc32)c(NC2CCCCO2)c1. The molecule has 222 valence electrons. The van der Waals surface area contributed by atoms with E-state index < -0.39 is 21.6 Å². The van der Waals surface area contributed by atoms with Gasteiger partial charge in [0.25, 0.3) is 5.91 Å². The van der Waals surface area contributed by atoms with Gasteiger partial charge in [0.15, 0.2) is 0 Å². The summed E-state index contributed by atoms with van der Waals surface area (Å²) in [6.45, 7) is 2.42. The van der Waals surface area contributed by atoms with E-state index in [2.05, 4.69) is 26.1 Å². The number of hydrogen-bond donors (Lipinski definition) is 3. The molecule has 1 aromatic heterocycles. The van der Waals surface area contributed by atoms with Crippen molar-refractivity contribution in [3.05, 3.63) is 78.2 Å². The van der Waals surface area contributed by atoms with Crippen molar-refractivity contribution < 1.29 is 22.3 Å². The maximum atomic E-state index is 13.7. The Morgan fingerprint density at radius 2 is 1.93 bits per heavy atom. The van der Waals surface area contributed by atoms with E-state index in [0.29, 0.717) is 28.8 Å².